The summed E-state index contributed by atoms with van der Waals surface area (Å²) in [5.74, 6) is 0.489. The summed E-state index contributed by atoms with van der Waals surface area (Å²) in [5.41, 5.74) is 1.04. The van der Waals surface area contributed by atoms with Crippen molar-refractivity contribution in [3.8, 4) is 5.75 Å². The fourth-order valence-electron chi connectivity index (χ4n) is 2.40. The minimum atomic E-state index is -0.339. The van der Waals surface area contributed by atoms with Crippen LogP contribution in [0.1, 0.15) is 19.4 Å². The highest BCUT2D eigenvalue weighted by Gasteiger charge is 2.07. The summed E-state index contributed by atoms with van der Waals surface area (Å²) in [5, 5.41) is 9.05. The van der Waals surface area contributed by atoms with Gasteiger partial charge in [0.05, 0.1) is 6.54 Å². The van der Waals surface area contributed by atoms with Gasteiger partial charge >= 0.3 is 0 Å². The number of nitrogens with one attached hydrogen (secondary N) is 3. The van der Waals surface area contributed by atoms with Crippen LogP contribution in [-0.2, 0) is 11.3 Å². The van der Waals surface area contributed by atoms with E-state index in [0.717, 1.165) is 5.56 Å². The summed E-state index contributed by atoms with van der Waals surface area (Å²) in [6.07, 6.45) is -0.211. The van der Waals surface area contributed by atoms with Gasteiger partial charge in [-0.2, -0.15) is 0 Å². The molecule has 1 unspecified atom stereocenters. The average molecular weight is 514 g/mol. The van der Waals surface area contributed by atoms with E-state index in [4.69, 9.17) is 4.74 Å². The second-order valence-electron chi connectivity index (χ2n) is 6.22. The van der Waals surface area contributed by atoms with Crippen LogP contribution >= 0.6 is 24.0 Å². The van der Waals surface area contributed by atoms with Crippen LogP contribution in [0.25, 0.3) is 0 Å². The molecule has 3 N–H and O–H groups in total. The van der Waals surface area contributed by atoms with Crippen LogP contribution in [0.15, 0.2) is 59.6 Å². The van der Waals surface area contributed by atoms with E-state index in [1.165, 1.54) is 12.1 Å². The molecular weight excluding hydrogens is 486 g/mol. The van der Waals surface area contributed by atoms with Crippen LogP contribution in [0, 0.1) is 5.82 Å². The maximum atomic E-state index is 13.2. The van der Waals surface area contributed by atoms with Gasteiger partial charge < -0.3 is 20.7 Å². The fraction of sp³-hybridized carbons (Fsp3) is 0.333. The maximum absolute atomic E-state index is 13.2. The van der Waals surface area contributed by atoms with E-state index >= 15 is 0 Å². The predicted octanol–water partition coefficient (Wildman–Crippen LogP) is 3.08. The van der Waals surface area contributed by atoms with E-state index in [9.17, 15) is 9.18 Å². The summed E-state index contributed by atoms with van der Waals surface area (Å²) >= 11 is 0. The lowest BCUT2D eigenvalue weighted by Gasteiger charge is -2.17. The number of benzene rings is 2. The molecule has 0 fully saturated rings. The number of hydrogen-bond acceptors (Lipinski definition) is 3. The minimum absolute atomic E-state index is 0. The zero-order chi connectivity index (χ0) is 20.2. The minimum Gasteiger partial charge on any atom is -0.489 e. The first-order valence-electron chi connectivity index (χ1n) is 9.32. The van der Waals surface area contributed by atoms with Crippen molar-refractivity contribution in [3.05, 3.63) is 66.0 Å². The van der Waals surface area contributed by atoms with Gasteiger partial charge in [0.2, 0.25) is 5.91 Å². The van der Waals surface area contributed by atoms with Crippen LogP contribution in [0.3, 0.4) is 0 Å². The van der Waals surface area contributed by atoms with Gasteiger partial charge in [-0.1, -0.05) is 36.4 Å². The molecule has 2 rings (SSSR count). The number of halogens is 2. The van der Waals surface area contributed by atoms with Gasteiger partial charge in [0.25, 0.3) is 0 Å². The number of carbonyl (C=O) groups excluding carboxylic acids is 1. The molecule has 0 saturated heterocycles. The molecular formula is C21H28FIN4O2. The predicted molar refractivity (Wildman–Crippen MR) is 124 cm³/mol. The Hall–Kier alpha value is -2.36. The molecule has 0 heterocycles. The van der Waals surface area contributed by atoms with Gasteiger partial charge in [-0.05, 0) is 31.5 Å². The lowest BCUT2D eigenvalue weighted by molar-refractivity contribution is -0.119. The maximum Gasteiger partial charge on any atom is 0.242 e. The monoisotopic (exact) mass is 514 g/mol. The zero-order valence-electron chi connectivity index (χ0n) is 16.7. The van der Waals surface area contributed by atoms with Crippen LogP contribution < -0.4 is 20.7 Å². The fourth-order valence-corrected chi connectivity index (χ4v) is 2.40. The Kier molecular flexibility index (Phi) is 11.7. The molecule has 0 aliphatic carbocycles. The molecule has 0 aliphatic rings. The van der Waals surface area contributed by atoms with E-state index < -0.39 is 0 Å². The lowest BCUT2D eigenvalue weighted by atomic mass is 10.2. The van der Waals surface area contributed by atoms with Crippen LogP contribution in [0.4, 0.5) is 4.39 Å². The Morgan fingerprint density at radius 1 is 1.10 bits per heavy atom. The highest BCUT2D eigenvalue weighted by atomic mass is 127. The molecule has 0 aromatic heterocycles. The number of ether oxygens (including phenoxy) is 1. The van der Waals surface area contributed by atoms with Gasteiger partial charge in [0, 0.05) is 19.2 Å². The SMILES string of the molecule is CCNC(=NCC(=O)NCc1ccccc1)NCC(C)Oc1cccc(F)c1.I. The second kappa shape index (κ2) is 13.8. The first-order chi connectivity index (χ1) is 13.6. The normalized spacial score (nSPS) is 11.8. The van der Waals surface area contributed by atoms with Crippen molar-refractivity contribution in [1.29, 1.82) is 0 Å². The van der Waals surface area contributed by atoms with Gasteiger partial charge in [-0.25, -0.2) is 9.38 Å². The standard InChI is InChI=1S/C21H27FN4O2.HI/c1-3-23-21(25-13-16(2)28-19-11-7-10-18(22)12-19)26-15-20(27)24-14-17-8-5-4-6-9-17;/h4-12,16H,3,13-15H2,1-2H3,(H,24,27)(H2,23,25,26);1H. The third kappa shape index (κ3) is 10.1. The summed E-state index contributed by atoms with van der Waals surface area (Å²) < 4.78 is 18.9. The van der Waals surface area contributed by atoms with Crippen molar-refractivity contribution >= 4 is 35.8 Å². The first-order valence-corrected chi connectivity index (χ1v) is 9.32. The van der Waals surface area contributed by atoms with Crippen molar-refractivity contribution < 1.29 is 13.9 Å². The summed E-state index contributed by atoms with van der Waals surface area (Å²) in [4.78, 5) is 16.3. The van der Waals surface area contributed by atoms with E-state index in [-0.39, 0.29) is 48.3 Å². The zero-order valence-corrected chi connectivity index (χ0v) is 19.0. The molecule has 0 spiro atoms. The third-order valence-electron chi connectivity index (χ3n) is 3.75. The number of hydrogen-bond donors (Lipinski definition) is 3. The smallest absolute Gasteiger partial charge is 0.242 e. The van der Waals surface area contributed by atoms with Crippen LogP contribution in [0.5, 0.6) is 5.75 Å². The Labute approximate surface area is 188 Å². The molecule has 8 heteroatoms. The van der Waals surface area contributed by atoms with E-state index in [0.29, 0.717) is 31.3 Å². The molecule has 1 atom stereocenters. The lowest BCUT2D eigenvalue weighted by Crippen LogP contribution is -2.42. The summed E-state index contributed by atoms with van der Waals surface area (Å²) in [7, 11) is 0. The van der Waals surface area contributed by atoms with Crippen LogP contribution in [0.2, 0.25) is 0 Å². The third-order valence-corrected chi connectivity index (χ3v) is 3.75. The van der Waals surface area contributed by atoms with Gasteiger partial charge in [0.15, 0.2) is 5.96 Å². The highest BCUT2D eigenvalue weighted by Crippen LogP contribution is 2.13. The van der Waals surface area contributed by atoms with Crippen LogP contribution in [-0.4, -0.2) is 37.6 Å². The second-order valence-corrected chi connectivity index (χ2v) is 6.22. The quantitative estimate of drug-likeness (QED) is 0.273. The Bertz CT molecular complexity index is 774. The van der Waals surface area contributed by atoms with Gasteiger partial charge in [-0.15, -0.1) is 24.0 Å². The van der Waals surface area contributed by atoms with Crippen molar-refractivity contribution in [2.24, 2.45) is 4.99 Å². The molecule has 2 aromatic carbocycles. The first kappa shape index (κ1) is 24.7. The van der Waals surface area contributed by atoms with Crippen molar-refractivity contribution in [1.82, 2.24) is 16.0 Å². The molecule has 0 aliphatic heterocycles. The number of guanidine groups is 1. The van der Waals surface area contributed by atoms with E-state index in [1.807, 2.05) is 44.2 Å². The summed E-state index contributed by atoms with van der Waals surface area (Å²) in [6, 6.07) is 15.7. The molecule has 29 heavy (non-hydrogen) atoms. The van der Waals surface area contributed by atoms with Crippen molar-refractivity contribution in [3.63, 3.8) is 0 Å². The van der Waals surface area contributed by atoms with E-state index in [2.05, 4.69) is 20.9 Å². The largest absolute Gasteiger partial charge is 0.489 e. The average Bonchev–Trinajstić information content (AvgIpc) is 2.69. The van der Waals surface area contributed by atoms with Crippen molar-refractivity contribution in [2.75, 3.05) is 19.6 Å². The number of amides is 1. The number of carbonyl (C=O) groups is 1. The van der Waals surface area contributed by atoms with Gasteiger partial charge in [0.1, 0.15) is 24.2 Å². The Morgan fingerprint density at radius 2 is 1.86 bits per heavy atom. The molecule has 0 radical (unpaired) electrons. The van der Waals surface area contributed by atoms with Gasteiger partial charge in [-0.3, -0.25) is 4.79 Å². The molecule has 6 nitrogen and oxygen atoms in total. The van der Waals surface area contributed by atoms with Crippen molar-refractivity contribution in [2.45, 2.75) is 26.5 Å². The molecule has 0 saturated carbocycles. The Morgan fingerprint density at radius 3 is 2.55 bits per heavy atom. The molecule has 2 aromatic rings. The summed E-state index contributed by atoms with van der Waals surface area (Å²) in [6.45, 7) is 5.41. The highest BCUT2D eigenvalue weighted by molar-refractivity contribution is 14.0. The number of nitrogens with zero attached hydrogens (tertiary/aromatic N) is 1. The number of aliphatic imine (C=N–C) groups is 1. The molecule has 1 amide bonds. The molecule has 158 valence electrons. The van der Waals surface area contributed by atoms with E-state index in [1.54, 1.807) is 12.1 Å². The number of rotatable bonds is 9. The Balaban J connectivity index is 0.00000420. The topological polar surface area (TPSA) is 74.8 Å². The molecule has 0 bridgehead atoms.